The summed E-state index contributed by atoms with van der Waals surface area (Å²) in [6.45, 7) is 5.48. The van der Waals surface area contributed by atoms with Crippen LogP contribution in [0.3, 0.4) is 0 Å². The van der Waals surface area contributed by atoms with E-state index in [4.69, 9.17) is 0 Å². The molecule has 0 spiro atoms. The summed E-state index contributed by atoms with van der Waals surface area (Å²) in [7, 11) is -4.19. The zero-order chi connectivity index (χ0) is 27.6. The molecule has 7 nitrogen and oxygen atoms in total. The number of rotatable bonds is 9. The number of anilines is 2. The first-order valence-electron chi connectivity index (χ1n) is 12.4. The topological polar surface area (TPSA) is 88.9 Å². The van der Waals surface area contributed by atoms with Gasteiger partial charge in [0.1, 0.15) is 34.3 Å². The summed E-state index contributed by atoms with van der Waals surface area (Å²) in [5, 5.41) is 4.41. The molecule has 3 aromatic carbocycles. The number of nitrogens with one attached hydrogen (secondary N) is 2. The predicted octanol–water partition coefficient (Wildman–Crippen LogP) is 5.83. The first kappa shape index (κ1) is 26.3. The number of aryl methyl sites for hydroxylation is 1. The van der Waals surface area contributed by atoms with E-state index < -0.39 is 26.6 Å². The Morgan fingerprint density at radius 1 is 0.897 bits per heavy atom. The summed E-state index contributed by atoms with van der Waals surface area (Å²) in [6.07, 6.45) is 2.23. The van der Waals surface area contributed by atoms with Crippen LogP contribution < -0.4 is 10.0 Å². The molecule has 0 radical (unpaired) electrons. The maximum absolute atomic E-state index is 14.0. The Bertz CT molecular complexity index is 1740. The second-order valence-corrected chi connectivity index (χ2v) is 10.9. The highest BCUT2D eigenvalue weighted by Gasteiger charge is 2.20. The summed E-state index contributed by atoms with van der Waals surface area (Å²) in [5.74, 6) is -1.23. The Morgan fingerprint density at radius 2 is 1.64 bits per heavy atom. The summed E-state index contributed by atoms with van der Waals surface area (Å²) in [6, 6.07) is 19.4. The van der Waals surface area contributed by atoms with Gasteiger partial charge in [0.15, 0.2) is 0 Å². The van der Waals surface area contributed by atoms with Crippen LogP contribution in [0.2, 0.25) is 0 Å². The van der Waals surface area contributed by atoms with Crippen molar-refractivity contribution in [2.75, 3.05) is 16.6 Å². The molecular formula is C29H27F2N5O2S. The number of hydrogen-bond donors (Lipinski definition) is 2. The van der Waals surface area contributed by atoms with Crippen LogP contribution in [0.5, 0.6) is 0 Å². The number of hydrogen-bond acceptors (Lipinski definition) is 5. The number of nitrogens with zero attached hydrogens (tertiary/aromatic N) is 3. The maximum atomic E-state index is 14.0. The number of sulfonamides is 1. The molecule has 5 aromatic rings. The van der Waals surface area contributed by atoms with E-state index in [1.807, 2.05) is 18.2 Å². The van der Waals surface area contributed by atoms with Crippen molar-refractivity contribution in [1.29, 1.82) is 0 Å². The van der Waals surface area contributed by atoms with E-state index in [-0.39, 0.29) is 5.69 Å². The molecule has 0 fully saturated rings. The molecule has 0 atom stereocenters. The fourth-order valence-corrected chi connectivity index (χ4v) is 5.65. The molecule has 0 aliphatic carbocycles. The lowest BCUT2D eigenvalue weighted by molar-refractivity contribution is 0.551. The molecule has 0 bridgehead atoms. The lowest BCUT2D eigenvalue weighted by Crippen LogP contribution is -2.14. The van der Waals surface area contributed by atoms with E-state index in [1.165, 1.54) is 5.56 Å². The molecule has 0 aliphatic rings. The minimum Gasteiger partial charge on any atom is -0.369 e. The van der Waals surface area contributed by atoms with Gasteiger partial charge in [0.05, 0.1) is 5.39 Å². The van der Waals surface area contributed by atoms with Gasteiger partial charge in [-0.1, -0.05) is 42.5 Å². The maximum Gasteiger partial charge on any atom is 0.264 e. The highest BCUT2D eigenvalue weighted by atomic mass is 32.2. The fraction of sp³-hybridized carbons (Fsp3) is 0.172. The quantitative estimate of drug-likeness (QED) is 0.242. The normalized spacial score (nSPS) is 11.6. The van der Waals surface area contributed by atoms with Gasteiger partial charge in [0, 0.05) is 30.5 Å². The molecule has 0 amide bonds. The average molecular weight is 548 g/mol. The second kappa shape index (κ2) is 10.8. The second-order valence-electron chi connectivity index (χ2n) is 9.26. The zero-order valence-corrected chi connectivity index (χ0v) is 22.3. The van der Waals surface area contributed by atoms with Crippen molar-refractivity contribution >= 4 is 32.6 Å². The molecular weight excluding hydrogens is 520 g/mol. The molecule has 5 rings (SSSR count). The molecule has 2 heterocycles. The van der Waals surface area contributed by atoms with Crippen LogP contribution >= 0.6 is 0 Å². The van der Waals surface area contributed by atoms with Crippen molar-refractivity contribution in [2.45, 2.75) is 31.7 Å². The SMILES string of the molecule is Cc1c(C)n(Cc2ccccc2)c2ncnc(NCCc3ccc(NS(=O)(=O)c4ccc(F)cc4F)cc3)c12. The summed E-state index contributed by atoms with van der Waals surface area (Å²) >= 11 is 0. The van der Waals surface area contributed by atoms with Gasteiger partial charge in [0.25, 0.3) is 10.0 Å². The summed E-state index contributed by atoms with van der Waals surface area (Å²) < 4.78 is 56.7. The smallest absolute Gasteiger partial charge is 0.264 e. The number of halogens is 2. The minimum absolute atomic E-state index is 0.277. The third-order valence-corrected chi connectivity index (χ3v) is 8.10. The Morgan fingerprint density at radius 3 is 2.36 bits per heavy atom. The first-order valence-corrected chi connectivity index (χ1v) is 13.9. The molecule has 200 valence electrons. The highest BCUT2D eigenvalue weighted by Crippen LogP contribution is 2.29. The van der Waals surface area contributed by atoms with Gasteiger partial charge in [-0.3, -0.25) is 4.72 Å². The number of fused-ring (bicyclic) bond motifs is 1. The predicted molar refractivity (Wildman–Crippen MR) is 148 cm³/mol. The third-order valence-electron chi connectivity index (χ3n) is 6.68. The van der Waals surface area contributed by atoms with Gasteiger partial charge in [-0.15, -0.1) is 0 Å². The van der Waals surface area contributed by atoms with Crippen molar-refractivity contribution in [3.8, 4) is 0 Å². The third kappa shape index (κ3) is 5.61. The van der Waals surface area contributed by atoms with Crippen LogP contribution in [0.15, 0.2) is 84.0 Å². The lowest BCUT2D eigenvalue weighted by Gasteiger charge is -2.11. The monoisotopic (exact) mass is 547 g/mol. The highest BCUT2D eigenvalue weighted by molar-refractivity contribution is 7.92. The largest absolute Gasteiger partial charge is 0.369 e. The van der Waals surface area contributed by atoms with Crippen LogP contribution in [0.25, 0.3) is 11.0 Å². The van der Waals surface area contributed by atoms with Crippen molar-refractivity contribution in [2.24, 2.45) is 0 Å². The summed E-state index contributed by atoms with van der Waals surface area (Å²) in [5.41, 5.74) is 5.58. The van der Waals surface area contributed by atoms with E-state index in [0.717, 1.165) is 52.3 Å². The van der Waals surface area contributed by atoms with E-state index in [0.29, 0.717) is 19.0 Å². The van der Waals surface area contributed by atoms with Crippen molar-refractivity contribution in [3.63, 3.8) is 0 Å². The standard InChI is InChI=1S/C29H27F2N5O2S/c1-19-20(2)36(17-22-6-4-3-5-7-22)29-27(19)28(33-18-34-29)32-15-14-21-8-11-24(12-9-21)35-39(37,38)26-13-10-23(30)16-25(26)31/h3-13,16,18,35H,14-15,17H2,1-2H3,(H,32,33,34). The van der Waals surface area contributed by atoms with Crippen LogP contribution in [-0.2, 0) is 23.0 Å². The molecule has 0 aliphatic heterocycles. The zero-order valence-electron chi connectivity index (χ0n) is 21.4. The molecule has 2 aromatic heterocycles. The number of benzene rings is 3. The van der Waals surface area contributed by atoms with Crippen LogP contribution in [0, 0.1) is 25.5 Å². The van der Waals surface area contributed by atoms with Gasteiger partial charge in [-0.2, -0.15) is 0 Å². The van der Waals surface area contributed by atoms with Crippen LogP contribution in [0.1, 0.15) is 22.4 Å². The molecule has 0 unspecified atom stereocenters. The Kier molecular flexibility index (Phi) is 7.30. The summed E-state index contributed by atoms with van der Waals surface area (Å²) in [4.78, 5) is 8.45. The molecule has 2 N–H and O–H groups in total. The lowest BCUT2D eigenvalue weighted by atomic mass is 10.1. The Labute approximate surface area is 225 Å². The molecule has 0 saturated heterocycles. The van der Waals surface area contributed by atoms with Crippen molar-refractivity contribution < 1.29 is 17.2 Å². The van der Waals surface area contributed by atoms with E-state index in [2.05, 4.69) is 50.6 Å². The van der Waals surface area contributed by atoms with Gasteiger partial charge >= 0.3 is 0 Å². The van der Waals surface area contributed by atoms with Crippen molar-refractivity contribution in [1.82, 2.24) is 14.5 Å². The Hall–Kier alpha value is -4.31. The fourth-order valence-electron chi connectivity index (χ4n) is 4.53. The minimum atomic E-state index is -4.19. The van der Waals surface area contributed by atoms with Crippen LogP contribution in [0.4, 0.5) is 20.3 Å². The molecule has 39 heavy (non-hydrogen) atoms. The van der Waals surface area contributed by atoms with Crippen LogP contribution in [-0.4, -0.2) is 29.5 Å². The number of aromatic nitrogens is 3. The van der Waals surface area contributed by atoms with Gasteiger partial charge < -0.3 is 9.88 Å². The van der Waals surface area contributed by atoms with E-state index in [9.17, 15) is 17.2 Å². The van der Waals surface area contributed by atoms with E-state index in [1.54, 1.807) is 30.6 Å². The van der Waals surface area contributed by atoms with Gasteiger partial charge in [-0.25, -0.2) is 27.2 Å². The van der Waals surface area contributed by atoms with Gasteiger partial charge in [-0.05, 0) is 61.2 Å². The van der Waals surface area contributed by atoms with Gasteiger partial charge in [0.2, 0.25) is 0 Å². The van der Waals surface area contributed by atoms with E-state index >= 15 is 0 Å². The first-order chi connectivity index (χ1) is 18.7. The average Bonchev–Trinajstić information content (AvgIpc) is 3.15. The molecule has 10 heteroatoms. The molecule has 0 saturated carbocycles. The van der Waals surface area contributed by atoms with Crippen molar-refractivity contribution in [3.05, 3.63) is 113 Å². The Balaban J connectivity index is 1.26.